The average molecular weight is 227 g/mol. The number of hydrogen-bond donors (Lipinski definition) is 1. The molecule has 2 unspecified atom stereocenters. The predicted octanol–water partition coefficient (Wildman–Crippen LogP) is 4.12. The van der Waals surface area contributed by atoms with Gasteiger partial charge < -0.3 is 5.11 Å². The fourth-order valence-electron chi connectivity index (χ4n) is 1.89. The van der Waals surface area contributed by atoms with Gasteiger partial charge >= 0.3 is 0 Å². The molecule has 84 valence electrons. The molecule has 15 heavy (non-hydrogen) atoms. The summed E-state index contributed by atoms with van der Waals surface area (Å²) in [5.41, 5.74) is 2.07. The van der Waals surface area contributed by atoms with Crippen LogP contribution in [-0.4, -0.2) is 5.11 Å². The number of halogens is 1. The molecular weight excluding hydrogens is 208 g/mol. The molecule has 0 fully saturated rings. The molecule has 0 amide bonds. The summed E-state index contributed by atoms with van der Waals surface area (Å²) in [6, 6.07) is 5.67. The number of aliphatic hydroxyl groups excluding tert-OH is 1. The predicted molar refractivity (Wildman–Crippen MR) is 65.2 cm³/mol. The molecule has 0 aliphatic carbocycles. The van der Waals surface area contributed by atoms with Crippen molar-refractivity contribution < 1.29 is 5.11 Å². The standard InChI is InChI=1S/C13H19ClO/c1-4-5-9(2)13(15)12-7-6-11(14)8-10(12)3/h6-9,13,15H,4-5H2,1-3H3. The topological polar surface area (TPSA) is 20.2 Å². The lowest BCUT2D eigenvalue weighted by Crippen LogP contribution is -2.10. The first-order chi connectivity index (χ1) is 7.06. The summed E-state index contributed by atoms with van der Waals surface area (Å²) in [4.78, 5) is 0. The van der Waals surface area contributed by atoms with Crippen molar-refractivity contribution in [1.82, 2.24) is 0 Å². The highest BCUT2D eigenvalue weighted by atomic mass is 35.5. The van der Waals surface area contributed by atoms with Crippen LogP contribution >= 0.6 is 11.6 Å². The SMILES string of the molecule is CCCC(C)C(O)c1ccc(Cl)cc1C. The molecule has 0 saturated carbocycles. The highest BCUT2D eigenvalue weighted by molar-refractivity contribution is 6.30. The van der Waals surface area contributed by atoms with Crippen molar-refractivity contribution in [3.63, 3.8) is 0 Å². The monoisotopic (exact) mass is 226 g/mol. The Balaban J connectivity index is 2.86. The first kappa shape index (κ1) is 12.5. The number of rotatable bonds is 4. The van der Waals surface area contributed by atoms with Crippen LogP contribution in [0.2, 0.25) is 5.02 Å². The summed E-state index contributed by atoms with van der Waals surface area (Å²) in [7, 11) is 0. The van der Waals surface area contributed by atoms with Gasteiger partial charge in [0.25, 0.3) is 0 Å². The molecule has 1 aromatic carbocycles. The Hall–Kier alpha value is -0.530. The van der Waals surface area contributed by atoms with Crippen LogP contribution < -0.4 is 0 Å². The fourth-order valence-corrected chi connectivity index (χ4v) is 2.12. The molecule has 0 heterocycles. The van der Waals surface area contributed by atoms with Crippen molar-refractivity contribution in [3.8, 4) is 0 Å². The first-order valence-electron chi connectivity index (χ1n) is 5.50. The van der Waals surface area contributed by atoms with Gasteiger partial charge in [-0.2, -0.15) is 0 Å². The normalized spacial score (nSPS) is 15.0. The largest absolute Gasteiger partial charge is 0.388 e. The van der Waals surface area contributed by atoms with Crippen molar-refractivity contribution in [2.45, 2.75) is 39.7 Å². The summed E-state index contributed by atoms with van der Waals surface area (Å²) >= 11 is 5.88. The van der Waals surface area contributed by atoms with E-state index in [0.29, 0.717) is 5.92 Å². The molecule has 1 rings (SSSR count). The quantitative estimate of drug-likeness (QED) is 0.819. The second-order valence-corrected chi connectivity index (χ2v) is 4.65. The van der Waals surface area contributed by atoms with Crippen LogP contribution in [0.5, 0.6) is 0 Å². The maximum absolute atomic E-state index is 10.1. The third kappa shape index (κ3) is 3.22. The molecule has 0 aliphatic rings. The van der Waals surface area contributed by atoms with Gasteiger partial charge in [-0.15, -0.1) is 0 Å². The first-order valence-corrected chi connectivity index (χ1v) is 5.88. The summed E-state index contributed by atoms with van der Waals surface area (Å²) in [5, 5.41) is 10.9. The number of hydrogen-bond acceptors (Lipinski definition) is 1. The van der Waals surface area contributed by atoms with Crippen LogP contribution in [0.4, 0.5) is 0 Å². The van der Waals surface area contributed by atoms with Gasteiger partial charge in [0.2, 0.25) is 0 Å². The number of aliphatic hydroxyl groups is 1. The van der Waals surface area contributed by atoms with Crippen molar-refractivity contribution in [1.29, 1.82) is 0 Å². The zero-order valence-corrected chi connectivity index (χ0v) is 10.4. The van der Waals surface area contributed by atoms with Gasteiger partial charge in [-0.3, -0.25) is 0 Å². The van der Waals surface area contributed by atoms with Gasteiger partial charge in [0.05, 0.1) is 6.10 Å². The Labute approximate surface area is 97.1 Å². The molecule has 0 aliphatic heterocycles. The van der Waals surface area contributed by atoms with Crippen molar-refractivity contribution in [2.24, 2.45) is 5.92 Å². The third-order valence-corrected chi connectivity index (χ3v) is 3.07. The molecule has 0 radical (unpaired) electrons. The van der Waals surface area contributed by atoms with Gasteiger partial charge in [0.15, 0.2) is 0 Å². The highest BCUT2D eigenvalue weighted by Gasteiger charge is 2.17. The smallest absolute Gasteiger partial charge is 0.0818 e. The minimum atomic E-state index is -0.373. The number of benzene rings is 1. The van der Waals surface area contributed by atoms with E-state index in [9.17, 15) is 5.11 Å². The zero-order chi connectivity index (χ0) is 11.4. The van der Waals surface area contributed by atoms with E-state index in [2.05, 4.69) is 13.8 Å². The maximum Gasteiger partial charge on any atom is 0.0818 e. The molecule has 0 aromatic heterocycles. The molecule has 0 bridgehead atoms. The molecule has 0 saturated heterocycles. The minimum Gasteiger partial charge on any atom is -0.388 e. The van der Waals surface area contributed by atoms with E-state index in [-0.39, 0.29) is 6.10 Å². The third-order valence-electron chi connectivity index (χ3n) is 2.83. The van der Waals surface area contributed by atoms with E-state index in [1.165, 1.54) is 0 Å². The molecule has 1 nitrogen and oxygen atoms in total. The highest BCUT2D eigenvalue weighted by Crippen LogP contribution is 2.28. The van der Waals surface area contributed by atoms with Crippen LogP contribution in [-0.2, 0) is 0 Å². The second kappa shape index (κ2) is 5.53. The molecular formula is C13H19ClO. The molecule has 1 aromatic rings. The molecule has 1 N–H and O–H groups in total. The van der Waals surface area contributed by atoms with Crippen LogP contribution in [0.1, 0.15) is 43.9 Å². The van der Waals surface area contributed by atoms with Crippen LogP contribution in [0, 0.1) is 12.8 Å². The molecule has 0 spiro atoms. The van der Waals surface area contributed by atoms with Crippen LogP contribution in [0.25, 0.3) is 0 Å². The number of aryl methyl sites for hydroxylation is 1. The van der Waals surface area contributed by atoms with E-state index < -0.39 is 0 Å². The fraction of sp³-hybridized carbons (Fsp3) is 0.538. The van der Waals surface area contributed by atoms with E-state index in [1.54, 1.807) is 0 Å². The summed E-state index contributed by atoms with van der Waals surface area (Å²) in [6.07, 6.45) is 1.77. The maximum atomic E-state index is 10.1. The van der Waals surface area contributed by atoms with Crippen molar-refractivity contribution in [3.05, 3.63) is 34.3 Å². The zero-order valence-electron chi connectivity index (χ0n) is 9.63. The summed E-state index contributed by atoms with van der Waals surface area (Å²) in [5.74, 6) is 0.301. The Morgan fingerprint density at radius 1 is 1.40 bits per heavy atom. The molecule has 2 atom stereocenters. The Bertz CT molecular complexity index is 322. The van der Waals surface area contributed by atoms with E-state index in [4.69, 9.17) is 11.6 Å². The van der Waals surface area contributed by atoms with Gasteiger partial charge in [0, 0.05) is 5.02 Å². The summed E-state index contributed by atoms with van der Waals surface area (Å²) in [6.45, 7) is 6.21. The van der Waals surface area contributed by atoms with Crippen molar-refractivity contribution in [2.75, 3.05) is 0 Å². The summed E-state index contributed by atoms with van der Waals surface area (Å²) < 4.78 is 0. The van der Waals surface area contributed by atoms with Crippen LogP contribution in [0.15, 0.2) is 18.2 Å². The van der Waals surface area contributed by atoms with Gasteiger partial charge in [-0.05, 0) is 42.5 Å². The van der Waals surface area contributed by atoms with E-state index >= 15 is 0 Å². The van der Waals surface area contributed by atoms with Gasteiger partial charge in [0.1, 0.15) is 0 Å². The Morgan fingerprint density at radius 3 is 2.60 bits per heavy atom. The lowest BCUT2D eigenvalue weighted by atomic mass is 9.91. The van der Waals surface area contributed by atoms with E-state index in [1.807, 2.05) is 25.1 Å². The average Bonchev–Trinajstić information content (AvgIpc) is 2.17. The van der Waals surface area contributed by atoms with Gasteiger partial charge in [-0.1, -0.05) is 37.9 Å². The van der Waals surface area contributed by atoms with Crippen molar-refractivity contribution >= 4 is 11.6 Å². The minimum absolute atomic E-state index is 0.301. The lowest BCUT2D eigenvalue weighted by Gasteiger charge is -2.20. The lowest BCUT2D eigenvalue weighted by molar-refractivity contribution is 0.112. The second-order valence-electron chi connectivity index (χ2n) is 4.21. The molecule has 2 heteroatoms. The van der Waals surface area contributed by atoms with Crippen LogP contribution in [0.3, 0.4) is 0 Å². The Morgan fingerprint density at radius 2 is 2.07 bits per heavy atom. The van der Waals surface area contributed by atoms with E-state index in [0.717, 1.165) is 29.0 Å². The van der Waals surface area contributed by atoms with Gasteiger partial charge in [-0.25, -0.2) is 0 Å². The Kier molecular flexibility index (Phi) is 4.62.